The van der Waals surface area contributed by atoms with Gasteiger partial charge in [-0.05, 0) is 25.2 Å². The number of carbonyl (C=O) groups is 1. The van der Waals surface area contributed by atoms with Gasteiger partial charge in [-0.25, -0.2) is 5.84 Å². The average Bonchev–Trinajstić information content (AvgIpc) is 2.54. The zero-order valence-corrected chi connectivity index (χ0v) is 14.4. The second-order valence-corrected chi connectivity index (χ2v) is 7.04. The number of hydrogen-bond acceptors (Lipinski definition) is 3. The fourth-order valence-electron chi connectivity index (χ4n) is 3.68. The molecule has 1 saturated carbocycles. The van der Waals surface area contributed by atoms with Crippen LogP contribution in [-0.4, -0.2) is 17.1 Å². The van der Waals surface area contributed by atoms with E-state index >= 15 is 0 Å². The Bertz CT molecular complexity index is 291. The quantitative estimate of drug-likeness (QED) is 0.236. The molecule has 0 aliphatic heterocycles. The van der Waals surface area contributed by atoms with Crippen LogP contribution in [0.4, 0.5) is 0 Å². The van der Waals surface area contributed by atoms with Gasteiger partial charge in [-0.1, -0.05) is 71.1 Å². The molecule has 1 aliphatic rings. The highest BCUT2D eigenvalue weighted by molar-refractivity contribution is 5.77. The molecular formula is C18H36N2O2. The Balaban J connectivity index is 2.31. The molecule has 0 unspecified atom stereocenters. The first-order chi connectivity index (χ1) is 10.7. The Morgan fingerprint density at radius 3 is 2.50 bits per heavy atom. The van der Waals surface area contributed by atoms with Gasteiger partial charge in [0.1, 0.15) is 0 Å². The molecule has 1 rings (SSSR count). The van der Waals surface area contributed by atoms with Gasteiger partial charge in [0.15, 0.2) is 0 Å². The lowest BCUT2D eigenvalue weighted by Gasteiger charge is -2.26. The van der Waals surface area contributed by atoms with Crippen LogP contribution in [-0.2, 0) is 4.79 Å². The van der Waals surface area contributed by atoms with E-state index in [-0.39, 0.29) is 17.9 Å². The van der Waals surface area contributed by atoms with Crippen molar-refractivity contribution in [2.45, 2.75) is 96.5 Å². The van der Waals surface area contributed by atoms with Crippen LogP contribution in [0.5, 0.6) is 0 Å². The molecule has 0 aromatic rings. The Kier molecular flexibility index (Phi) is 10.5. The molecule has 0 bridgehead atoms. The highest BCUT2D eigenvalue weighted by Gasteiger charge is 2.26. The maximum Gasteiger partial charge on any atom is 0.237 e. The predicted molar refractivity (Wildman–Crippen MR) is 91.0 cm³/mol. The molecule has 1 aliphatic carbocycles. The lowest BCUT2D eigenvalue weighted by molar-refractivity contribution is -0.126. The number of nitrogens with one attached hydrogen (secondary N) is 1. The number of rotatable bonds is 11. The second kappa shape index (κ2) is 11.9. The van der Waals surface area contributed by atoms with E-state index < -0.39 is 0 Å². The molecule has 0 aromatic carbocycles. The third-order valence-corrected chi connectivity index (χ3v) is 5.05. The van der Waals surface area contributed by atoms with Gasteiger partial charge >= 0.3 is 0 Å². The van der Waals surface area contributed by atoms with Crippen LogP contribution in [0.25, 0.3) is 0 Å². The minimum Gasteiger partial charge on any atom is -0.393 e. The highest BCUT2D eigenvalue weighted by Crippen LogP contribution is 2.31. The molecule has 1 amide bonds. The maximum atomic E-state index is 12.0. The minimum atomic E-state index is -0.368. The van der Waals surface area contributed by atoms with E-state index in [0.717, 1.165) is 19.3 Å². The number of hydrogen-bond donors (Lipinski definition) is 3. The van der Waals surface area contributed by atoms with Crippen molar-refractivity contribution in [3.8, 4) is 0 Å². The van der Waals surface area contributed by atoms with Gasteiger partial charge in [-0.15, -0.1) is 0 Å². The Morgan fingerprint density at radius 1 is 1.18 bits per heavy atom. The second-order valence-electron chi connectivity index (χ2n) is 7.04. The number of aliphatic hydroxyl groups is 1. The minimum absolute atomic E-state index is 0.101. The molecule has 130 valence electrons. The molecule has 0 saturated heterocycles. The van der Waals surface area contributed by atoms with E-state index in [2.05, 4.69) is 12.3 Å². The van der Waals surface area contributed by atoms with Gasteiger partial charge in [0.05, 0.1) is 6.10 Å². The number of amides is 1. The molecule has 4 heteroatoms. The van der Waals surface area contributed by atoms with E-state index in [1.54, 1.807) is 0 Å². The largest absolute Gasteiger partial charge is 0.393 e. The van der Waals surface area contributed by atoms with Gasteiger partial charge in [0.25, 0.3) is 0 Å². The van der Waals surface area contributed by atoms with E-state index in [1.165, 1.54) is 57.8 Å². The van der Waals surface area contributed by atoms with Crippen LogP contribution in [0.2, 0.25) is 0 Å². The smallest absolute Gasteiger partial charge is 0.237 e. The molecular weight excluding hydrogens is 276 g/mol. The van der Waals surface area contributed by atoms with Crippen molar-refractivity contribution >= 4 is 5.91 Å². The van der Waals surface area contributed by atoms with Crippen LogP contribution in [0.15, 0.2) is 0 Å². The molecule has 0 radical (unpaired) electrons. The summed E-state index contributed by atoms with van der Waals surface area (Å²) in [7, 11) is 0. The van der Waals surface area contributed by atoms with Crippen LogP contribution in [0.1, 0.15) is 90.4 Å². The van der Waals surface area contributed by atoms with Crippen molar-refractivity contribution in [2.24, 2.45) is 17.7 Å². The zero-order chi connectivity index (χ0) is 16.2. The number of hydrazine groups is 1. The summed E-state index contributed by atoms with van der Waals surface area (Å²) in [6, 6.07) is 0. The maximum absolute atomic E-state index is 12.0. The van der Waals surface area contributed by atoms with E-state index in [1.807, 2.05) is 0 Å². The highest BCUT2D eigenvalue weighted by atomic mass is 16.3. The molecule has 4 nitrogen and oxygen atoms in total. The molecule has 0 aromatic heterocycles. The summed E-state index contributed by atoms with van der Waals surface area (Å²) in [5.41, 5.74) is 2.29. The lowest BCUT2D eigenvalue weighted by atomic mass is 9.80. The van der Waals surface area contributed by atoms with Gasteiger partial charge < -0.3 is 5.11 Å². The molecule has 22 heavy (non-hydrogen) atoms. The van der Waals surface area contributed by atoms with Gasteiger partial charge in [0, 0.05) is 5.92 Å². The fourth-order valence-corrected chi connectivity index (χ4v) is 3.68. The third kappa shape index (κ3) is 8.14. The predicted octanol–water partition coefficient (Wildman–Crippen LogP) is 3.67. The van der Waals surface area contributed by atoms with Crippen LogP contribution in [0.3, 0.4) is 0 Å². The lowest BCUT2D eigenvalue weighted by Crippen LogP contribution is -2.38. The van der Waals surface area contributed by atoms with Crippen molar-refractivity contribution in [2.75, 3.05) is 0 Å². The number of aliphatic hydroxyl groups excluding tert-OH is 1. The monoisotopic (exact) mass is 312 g/mol. The van der Waals surface area contributed by atoms with Crippen molar-refractivity contribution in [3.63, 3.8) is 0 Å². The third-order valence-electron chi connectivity index (χ3n) is 5.05. The first kappa shape index (κ1) is 19.4. The standard InChI is InChI=1S/C18H36N2O2/c1-2-3-4-5-9-12-17(21)14-16(18(22)20-19)13-15-10-7-6-8-11-15/h15-17,21H,2-14,19H2,1H3,(H,20,22)/t16-,17+/m1/s1. The SMILES string of the molecule is CCCCCCC[C@H](O)C[C@@H](CC1CCCCC1)C(=O)NN. The fraction of sp³-hybridized carbons (Fsp3) is 0.944. The Labute approximate surface area is 136 Å². The number of unbranched alkanes of at least 4 members (excludes halogenated alkanes) is 4. The molecule has 0 heterocycles. The molecule has 1 fully saturated rings. The first-order valence-electron chi connectivity index (χ1n) is 9.35. The Morgan fingerprint density at radius 2 is 1.86 bits per heavy atom. The average molecular weight is 312 g/mol. The van der Waals surface area contributed by atoms with E-state index in [9.17, 15) is 9.90 Å². The van der Waals surface area contributed by atoms with Crippen molar-refractivity contribution < 1.29 is 9.90 Å². The summed E-state index contributed by atoms with van der Waals surface area (Å²) in [6.07, 6.45) is 14.2. The molecule has 0 spiro atoms. The summed E-state index contributed by atoms with van der Waals surface area (Å²) in [4.78, 5) is 12.0. The summed E-state index contributed by atoms with van der Waals surface area (Å²) in [6.45, 7) is 2.20. The van der Waals surface area contributed by atoms with Gasteiger partial charge in [-0.3, -0.25) is 10.2 Å². The van der Waals surface area contributed by atoms with E-state index in [0.29, 0.717) is 12.3 Å². The number of nitrogens with two attached hydrogens (primary N) is 1. The summed E-state index contributed by atoms with van der Waals surface area (Å²) in [5.74, 6) is 5.73. The summed E-state index contributed by atoms with van der Waals surface area (Å²) in [5, 5.41) is 10.2. The normalized spacial score (nSPS) is 18.9. The molecule has 2 atom stereocenters. The first-order valence-corrected chi connectivity index (χ1v) is 9.35. The van der Waals surface area contributed by atoms with E-state index in [4.69, 9.17) is 5.84 Å². The summed E-state index contributed by atoms with van der Waals surface area (Å²) < 4.78 is 0. The topological polar surface area (TPSA) is 75.3 Å². The van der Waals surface area contributed by atoms with Crippen LogP contribution < -0.4 is 11.3 Å². The van der Waals surface area contributed by atoms with Crippen molar-refractivity contribution in [3.05, 3.63) is 0 Å². The Hall–Kier alpha value is -0.610. The summed E-state index contributed by atoms with van der Waals surface area (Å²) >= 11 is 0. The van der Waals surface area contributed by atoms with Crippen LogP contribution >= 0.6 is 0 Å². The van der Waals surface area contributed by atoms with Gasteiger partial charge in [0.2, 0.25) is 5.91 Å². The van der Waals surface area contributed by atoms with Crippen LogP contribution in [0, 0.1) is 11.8 Å². The molecule has 4 N–H and O–H groups in total. The number of carbonyl (C=O) groups excluding carboxylic acids is 1. The van der Waals surface area contributed by atoms with Gasteiger partial charge in [-0.2, -0.15) is 0 Å². The van der Waals surface area contributed by atoms with Crippen molar-refractivity contribution in [1.82, 2.24) is 5.43 Å². The zero-order valence-electron chi connectivity index (χ0n) is 14.4. The van der Waals surface area contributed by atoms with Crippen molar-refractivity contribution in [1.29, 1.82) is 0 Å².